The van der Waals surface area contributed by atoms with Crippen molar-refractivity contribution in [1.29, 1.82) is 0 Å². The summed E-state index contributed by atoms with van der Waals surface area (Å²) in [5, 5.41) is 3.43. The Labute approximate surface area is 104 Å². The van der Waals surface area contributed by atoms with Gasteiger partial charge in [-0.25, -0.2) is 0 Å². The van der Waals surface area contributed by atoms with Crippen molar-refractivity contribution in [3.8, 4) is 0 Å². The van der Waals surface area contributed by atoms with Crippen molar-refractivity contribution in [3.63, 3.8) is 0 Å². The Kier molecular flexibility index (Phi) is 3.89. The summed E-state index contributed by atoms with van der Waals surface area (Å²) in [6.45, 7) is 8.76. The largest absolute Gasteiger partial charge is 0.371 e. The standard InChI is InChI=1S/C14H23N3/c1-4-15-11-12(2)17-10-9-16(3)13-7-5-6-8-14(13)17/h5-8,12,15H,4,9-11H2,1-3H3. The Morgan fingerprint density at radius 2 is 1.94 bits per heavy atom. The number of benzene rings is 1. The molecule has 17 heavy (non-hydrogen) atoms. The highest BCUT2D eigenvalue weighted by molar-refractivity contribution is 5.73. The summed E-state index contributed by atoms with van der Waals surface area (Å²) in [6.07, 6.45) is 0. The summed E-state index contributed by atoms with van der Waals surface area (Å²) >= 11 is 0. The molecule has 1 unspecified atom stereocenters. The predicted octanol–water partition coefficient (Wildman–Crippen LogP) is 1.94. The van der Waals surface area contributed by atoms with Gasteiger partial charge in [-0.2, -0.15) is 0 Å². The number of hydrogen-bond acceptors (Lipinski definition) is 3. The molecule has 1 atom stereocenters. The molecule has 0 aliphatic carbocycles. The lowest BCUT2D eigenvalue weighted by molar-refractivity contribution is 0.563. The molecular weight excluding hydrogens is 210 g/mol. The first-order valence-corrected chi connectivity index (χ1v) is 6.51. The topological polar surface area (TPSA) is 18.5 Å². The average Bonchev–Trinajstić information content (AvgIpc) is 2.37. The summed E-state index contributed by atoms with van der Waals surface area (Å²) in [4.78, 5) is 4.85. The van der Waals surface area contributed by atoms with Crippen molar-refractivity contribution in [2.24, 2.45) is 0 Å². The van der Waals surface area contributed by atoms with Gasteiger partial charge < -0.3 is 15.1 Å². The van der Waals surface area contributed by atoms with Gasteiger partial charge in [0.2, 0.25) is 0 Å². The van der Waals surface area contributed by atoms with Crippen LogP contribution in [0.25, 0.3) is 0 Å². The van der Waals surface area contributed by atoms with Crippen LogP contribution in [0.2, 0.25) is 0 Å². The third-order valence-electron chi connectivity index (χ3n) is 3.50. The van der Waals surface area contributed by atoms with E-state index in [1.165, 1.54) is 11.4 Å². The number of nitrogens with zero attached hydrogens (tertiary/aromatic N) is 2. The van der Waals surface area contributed by atoms with Gasteiger partial charge in [-0.3, -0.25) is 0 Å². The number of fused-ring (bicyclic) bond motifs is 1. The summed E-state index contributed by atoms with van der Waals surface area (Å²) < 4.78 is 0. The van der Waals surface area contributed by atoms with Crippen molar-refractivity contribution in [1.82, 2.24) is 5.32 Å². The molecule has 0 aromatic heterocycles. The molecule has 1 aromatic rings. The van der Waals surface area contributed by atoms with Crippen molar-refractivity contribution < 1.29 is 0 Å². The predicted molar refractivity (Wildman–Crippen MR) is 75.1 cm³/mol. The lowest BCUT2D eigenvalue weighted by atomic mass is 10.1. The molecule has 0 radical (unpaired) electrons. The van der Waals surface area contributed by atoms with Crippen LogP contribution < -0.4 is 15.1 Å². The maximum absolute atomic E-state index is 3.43. The lowest BCUT2D eigenvalue weighted by Crippen LogP contribution is -2.47. The number of rotatable bonds is 4. The molecule has 0 spiro atoms. The fourth-order valence-corrected chi connectivity index (χ4v) is 2.45. The Morgan fingerprint density at radius 1 is 1.24 bits per heavy atom. The van der Waals surface area contributed by atoms with Crippen LogP contribution in [-0.4, -0.2) is 39.3 Å². The number of nitrogens with one attached hydrogen (secondary N) is 1. The molecular formula is C14H23N3. The van der Waals surface area contributed by atoms with Crippen LogP contribution in [0.1, 0.15) is 13.8 Å². The summed E-state index contributed by atoms with van der Waals surface area (Å²) in [5.74, 6) is 0. The zero-order chi connectivity index (χ0) is 12.3. The maximum atomic E-state index is 3.43. The summed E-state index contributed by atoms with van der Waals surface area (Å²) in [6, 6.07) is 9.23. The van der Waals surface area contributed by atoms with E-state index in [1.54, 1.807) is 0 Å². The number of anilines is 2. The first-order valence-electron chi connectivity index (χ1n) is 6.51. The molecule has 0 bridgehead atoms. The van der Waals surface area contributed by atoms with Gasteiger partial charge in [0.15, 0.2) is 0 Å². The second-order valence-corrected chi connectivity index (χ2v) is 4.76. The van der Waals surface area contributed by atoms with Crippen molar-refractivity contribution >= 4 is 11.4 Å². The first kappa shape index (κ1) is 12.2. The second-order valence-electron chi connectivity index (χ2n) is 4.76. The Morgan fingerprint density at radius 3 is 2.65 bits per heavy atom. The van der Waals surface area contributed by atoms with Crippen LogP contribution >= 0.6 is 0 Å². The molecule has 3 heteroatoms. The van der Waals surface area contributed by atoms with E-state index in [2.05, 4.69) is 60.3 Å². The molecule has 0 saturated carbocycles. The highest BCUT2D eigenvalue weighted by atomic mass is 15.3. The van der Waals surface area contributed by atoms with Gasteiger partial charge in [-0.05, 0) is 25.6 Å². The summed E-state index contributed by atoms with van der Waals surface area (Å²) in [7, 11) is 2.17. The molecule has 2 rings (SSSR count). The minimum Gasteiger partial charge on any atom is -0.371 e. The third kappa shape index (κ3) is 2.55. The fraction of sp³-hybridized carbons (Fsp3) is 0.571. The second kappa shape index (κ2) is 5.41. The van der Waals surface area contributed by atoms with Gasteiger partial charge in [0.1, 0.15) is 0 Å². The van der Waals surface area contributed by atoms with Crippen LogP contribution in [0.4, 0.5) is 11.4 Å². The monoisotopic (exact) mass is 233 g/mol. The summed E-state index contributed by atoms with van der Waals surface area (Å²) in [5.41, 5.74) is 2.72. The molecule has 1 aromatic carbocycles. The fourth-order valence-electron chi connectivity index (χ4n) is 2.45. The van der Waals surface area contributed by atoms with E-state index >= 15 is 0 Å². The van der Waals surface area contributed by atoms with Gasteiger partial charge in [0.25, 0.3) is 0 Å². The van der Waals surface area contributed by atoms with Gasteiger partial charge in [-0.1, -0.05) is 19.1 Å². The van der Waals surface area contributed by atoms with Crippen LogP contribution in [0.3, 0.4) is 0 Å². The molecule has 0 fully saturated rings. The lowest BCUT2D eigenvalue weighted by Gasteiger charge is -2.40. The van der Waals surface area contributed by atoms with Gasteiger partial charge in [0.05, 0.1) is 11.4 Å². The maximum Gasteiger partial charge on any atom is 0.0607 e. The van der Waals surface area contributed by atoms with E-state index in [0.29, 0.717) is 6.04 Å². The van der Waals surface area contributed by atoms with E-state index in [0.717, 1.165) is 26.2 Å². The van der Waals surface area contributed by atoms with Crippen LogP contribution in [0, 0.1) is 0 Å². The van der Waals surface area contributed by atoms with E-state index in [-0.39, 0.29) is 0 Å². The van der Waals surface area contributed by atoms with Gasteiger partial charge in [0, 0.05) is 32.7 Å². The Hall–Kier alpha value is -1.22. The Balaban J connectivity index is 2.18. The molecule has 1 aliphatic rings. The smallest absolute Gasteiger partial charge is 0.0607 e. The van der Waals surface area contributed by atoms with Crippen molar-refractivity contribution in [3.05, 3.63) is 24.3 Å². The van der Waals surface area contributed by atoms with E-state index in [9.17, 15) is 0 Å². The minimum atomic E-state index is 0.546. The molecule has 0 amide bonds. The van der Waals surface area contributed by atoms with Crippen LogP contribution in [0.5, 0.6) is 0 Å². The Bertz CT molecular complexity index is 364. The van der Waals surface area contributed by atoms with E-state index < -0.39 is 0 Å². The third-order valence-corrected chi connectivity index (χ3v) is 3.50. The molecule has 1 N–H and O–H groups in total. The molecule has 1 heterocycles. The molecule has 94 valence electrons. The highest BCUT2D eigenvalue weighted by Gasteiger charge is 2.22. The zero-order valence-electron chi connectivity index (χ0n) is 11.1. The number of likely N-dealkylation sites (N-methyl/N-ethyl adjacent to an activating group) is 2. The van der Waals surface area contributed by atoms with Gasteiger partial charge >= 0.3 is 0 Å². The van der Waals surface area contributed by atoms with E-state index in [1.807, 2.05) is 0 Å². The minimum absolute atomic E-state index is 0.546. The molecule has 1 aliphatic heterocycles. The van der Waals surface area contributed by atoms with Crippen LogP contribution in [0.15, 0.2) is 24.3 Å². The molecule has 0 saturated heterocycles. The van der Waals surface area contributed by atoms with E-state index in [4.69, 9.17) is 0 Å². The average molecular weight is 233 g/mol. The number of hydrogen-bond donors (Lipinski definition) is 1. The SMILES string of the molecule is CCNCC(C)N1CCN(C)c2ccccc21. The first-order chi connectivity index (χ1) is 8.24. The highest BCUT2D eigenvalue weighted by Crippen LogP contribution is 2.32. The molecule has 3 nitrogen and oxygen atoms in total. The quantitative estimate of drug-likeness (QED) is 0.857. The zero-order valence-corrected chi connectivity index (χ0v) is 11.1. The van der Waals surface area contributed by atoms with Crippen molar-refractivity contribution in [2.45, 2.75) is 19.9 Å². The van der Waals surface area contributed by atoms with Crippen molar-refractivity contribution in [2.75, 3.05) is 43.0 Å². The van der Waals surface area contributed by atoms with Crippen LogP contribution in [-0.2, 0) is 0 Å². The van der Waals surface area contributed by atoms with Gasteiger partial charge in [-0.15, -0.1) is 0 Å². The normalized spacial score (nSPS) is 16.9. The number of para-hydroxylation sites is 2.